The number of amides is 3. The highest BCUT2D eigenvalue weighted by atomic mass is 28.4. The summed E-state index contributed by atoms with van der Waals surface area (Å²) in [6.07, 6.45) is -0.925. The Morgan fingerprint density at radius 1 is 1.03 bits per heavy atom. The van der Waals surface area contributed by atoms with E-state index >= 15 is 4.48 Å². The molecule has 0 saturated carbocycles. The molecule has 2 atom stereocenters. The van der Waals surface area contributed by atoms with Crippen LogP contribution in [0.3, 0.4) is 0 Å². The van der Waals surface area contributed by atoms with E-state index in [-0.39, 0.29) is 34.7 Å². The molecule has 1 heterocycles. The average molecular weight is 510 g/mol. The van der Waals surface area contributed by atoms with E-state index in [0.29, 0.717) is 5.56 Å². The van der Waals surface area contributed by atoms with Crippen molar-refractivity contribution >= 4 is 31.9 Å². The first-order chi connectivity index (χ1) is 15.8. The van der Waals surface area contributed by atoms with Crippen molar-refractivity contribution in [3.05, 3.63) is 29.8 Å². The molecule has 0 bridgehead atoms. The summed E-state index contributed by atoms with van der Waals surface area (Å²) in [6, 6.07) is 4.57. The Morgan fingerprint density at radius 3 is 2.03 bits per heavy atom. The van der Waals surface area contributed by atoms with Crippen LogP contribution in [0.15, 0.2) is 24.3 Å². The number of nitrogens with zero attached hydrogens (tertiary/aromatic N) is 3. The van der Waals surface area contributed by atoms with Gasteiger partial charge in [0.05, 0.1) is 11.8 Å². The van der Waals surface area contributed by atoms with E-state index in [9.17, 15) is 14.4 Å². The first-order valence-electron chi connectivity index (χ1n) is 11.8. The highest BCUT2D eigenvalue weighted by molar-refractivity contribution is 6.74. The summed E-state index contributed by atoms with van der Waals surface area (Å²) < 4.78 is 27.2. The average Bonchev–Trinajstić information content (AvgIpc) is 3.13. The fourth-order valence-electron chi connectivity index (χ4n) is 3.48. The summed E-state index contributed by atoms with van der Waals surface area (Å²) in [4.78, 5) is 41.0. The third-order valence-electron chi connectivity index (χ3n) is 6.38. The zero-order chi connectivity index (χ0) is 26.9. The van der Waals surface area contributed by atoms with Crippen LogP contribution in [0.25, 0.3) is 0 Å². The van der Waals surface area contributed by atoms with Gasteiger partial charge in [0.25, 0.3) is 11.8 Å². The van der Waals surface area contributed by atoms with Crippen LogP contribution in [0, 0.1) is 0 Å². The van der Waals surface area contributed by atoms with Crippen molar-refractivity contribution < 1.29 is 28.0 Å². The standard InChI is InChI=1S/C25H40FN3O5Si/c1-24(2,3)33-23(32)28-16-19(34-35(9,10)25(4,5)6)15-20(28)22(31)29(26)18-13-11-17(12-14-18)21(30)27(7)8/h11-14,19-20H,15-16H2,1-10H3/t19-,20-/m1/s1. The predicted molar refractivity (Wildman–Crippen MR) is 136 cm³/mol. The molecule has 10 heteroatoms. The number of carbonyl (C=O) groups excluding carboxylic acids is 3. The largest absolute Gasteiger partial charge is 0.444 e. The molecule has 1 aromatic rings. The lowest BCUT2D eigenvalue weighted by atomic mass is 10.1. The van der Waals surface area contributed by atoms with Crippen LogP contribution >= 0.6 is 0 Å². The molecule has 1 aliphatic rings. The Morgan fingerprint density at radius 2 is 1.57 bits per heavy atom. The number of likely N-dealkylation sites (tertiary alicyclic amines) is 1. The molecule has 0 unspecified atom stereocenters. The van der Waals surface area contributed by atoms with E-state index in [0.717, 1.165) is 0 Å². The molecule has 0 N–H and O–H groups in total. The zero-order valence-corrected chi connectivity index (χ0v) is 23.6. The molecule has 0 radical (unpaired) electrons. The van der Waals surface area contributed by atoms with Crippen molar-refractivity contribution in [2.24, 2.45) is 0 Å². The van der Waals surface area contributed by atoms with Crippen molar-refractivity contribution in [1.82, 2.24) is 9.80 Å². The Hall–Kier alpha value is -2.46. The minimum Gasteiger partial charge on any atom is -0.444 e. The van der Waals surface area contributed by atoms with E-state index in [1.54, 1.807) is 34.9 Å². The van der Waals surface area contributed by atoms with Gasteiger partial charge in [-0.1, -0.05) is 25.3 Å². The van der Waals surface area contributed by atoms with E-state index in [4.69, 9.17) is 9.16 Å². The van der Waals surface area contributed by atoms with Crippen molar-refractivity contribution in [3.8, 4) is 0 Å². The van der Waals surface area contributed by atoms with Crippen LogP contribution in [0.2, 0.25) is 18.1 Å². The van der Waals surface area contributed by atoms with Gasteiger partial charge in [0.1, 0.15) is 11.6 Å². The molecule has 2 rings (SSSR count). The fourth-order valence-corrected chi connectivity index (χ4v) is 4.84. The van der Waals surface area contributed by atoms with Gasteiger partial charge in [0.15, 0.2) is 8.32 Å². The monoisotopic (exact) mass is 509 g/mol. The minimum atomic E-state index is -2.20. The zero-order valence-electron chi connectivity index (χ0n) is 22.6. The van der Waals surface area contributed by atoms with Gasteiger partial charge in [0.2, 0.25) is 0 Å². The molecule has 196 valence electrons. The molecule has 35 heavy (non-hydrogen) atoms. The Labute approximate surface area is 209 Å². The summed E-state index contributed by atoms with van der Waals surface area (Å²) in [5, 5.41) is -0.0373. The predicted octanol–water partition coefficient (Wildman–Crippen LogP) is 5.01. The van der Waals surface area contributed by atoms with Gasteiger partial charge in [-0.2, -0.15) is 0 Å². The Balaban J connectivity index is 2.29. The number of carbonyl (C=O) groups is 3. The number of ether oxygens (including phenoxy) is 1. The molecule has 0 aliphatic carbocycles. The van der Waals surface area contributed by atoms with Gasteiger partial charge in [-0.3, -0.25) is 14.5 Å². The Kier molecular flexibility index (Phi) is 8.43. The summed E-state index contributed by atoms with van der Waals surface area (Å²) in [5.41, 5.74) is -0.422. The number of hydrogen-bond donors (Lipinski definition) is 0. The van der Waals surface area contributed by atoms with Gasteiger partial charge in [-0.05, 0) is 63.2 Å². The second-order valence-corrected chi connectivity index (χ2v) is 16.5. The van der Waals surface area contributed by atoms with E-state index in [1.807, 2.05) is 0 Å². The lowest BCUT2D eigenvalue weighted by molar-refractivity contribution is -0.125. The summed E-state index contributed by atoms with van der Waals surface area (Å²) in [7, 11) is 1.04. The van der Waals surface area contributed by atoms with Crippen LogP contribution in [0.1, 0.15) is 58.3 Å². The fraction of sp³-hybridized carbons (Fsp3) is 0.640. The van der Waals surface area contributed by atoms with E-state index in [2.05, 4.69) is 33.9 Å². The maximum atomic E-state index is 15.3. The van der Waals surface area contributed by atoms with Gasteiger partial charge in [-0.15, -0.1) is 5.12 Å². The lowest BCUT2D eigenvalue weighted by Crippen LogP contribution is -2.47. The van der Waals surface area contributed by atoms with E-state index < -0.39 is 38.1 Å². The highest BCUT2D eigenvalue weighted by Crippen LogP contribution is 2.39. The second kappa shape index (κ2) is 10.3. The topological polar surface area (TPSA) is 79.4 Å². The minimum absolute atomic E-state index is 0.0248. The molecule has 1 fully saturated rings. The maximum Gasteiger partial charge on any atom is 0.411 e. The quantitative estimate of drug-likeness (QED) is 0.412. The normalized spacial score (nSPS) is 18.9. The third kappa shape index (κ3) is 7.04. The third-order valence-corrected chi connectivity index (χ3v) is 10.9. The number of rotatable bonds is 5. The van der Waals surface area contributed by atoms with Crippen LogP contribution in [0.4, 0.5) is 15.0 Å². The Bertz CT molecular complexity index is 938. The lowest BCUT2D eigenvalue weighted by Gasteiger charge is -2.38. The van der Waals surface area contributed by atoms with Gasteiger partial charge in [-0.25, -0.2) is 4.79 Å². The molecule has 0 spiro atoms. The summed E-state index contributed by atoms with van der Waals surface area (Å²) in [6.45, 7) is 15.9. The van der Waals surface area contributed by atoms with Gasteiger partial charge < -0.3 is 14.1 Å². The van der Waals surface area contributed by atoms with Crippen molar-refractivity contribution in [2.45, 2.75) is 83.8 Å². The molecule has 1 aliphatic heterocycles. The molecular weight excluding hydrogens is 469 g/mol. The van der Waals surface area contributed by atoms with E-state index in [1.165, 1.54) is 34.1 Å². The first kappa shape index (κ1) is 28.8. The summed E-state index contributed by atoms with van der Waals surface area (Å²) in [5.74, 6) is -1.12. The van der Waals surface area contributed by atoms with Crippen LogP contribution in [-0.4, -0.2) is 74.4 Å². The molecule has 0 aromatic heterocycles. The smallest absolute Gasteiger partial charge is 0.411 e. The second-order valence-electron chi connectivity index (χ2n) is 11.7. The van der Waals surface area contributed by atoms with Crippen LogP contribution < -0.4 is 5.12 Å². The molecule has 8 nitrogen and oxygen atoms in total. The number of benzene rings is 1. The number of anilines is 1. The van der Waals surface area contributed by atoms with Crippen LogP contribution in [-0.2, 0) is 14.0 Å². The summed E-state index contributed by atoms with van der Waals surface area (Å²) >= 11 is 0. The molecule has 3 amide bonds. The molecular formula is C25H40FN3O5Si. The van der Waals surface area contributed by atoms with Crippen molar-refractivity contribution in [1.29, 1.82) is 0 Å². The SMILES string of the molecule is CN(C)C(=O)c1ccc(N(F)C(=O)[C@H]2C[C@@H](O[Si](C)(C)C(C)(C)C)CN2C(=O)OC(C)(C)C)cc1. The molecule has 1 saturated heterocycles. The first-order valence-corrected chi connectivity index (χ1v) is 14.7. The maximum absolute atomic E-state index is 15.3. The van der Waals surface area contributed by atoms with Gasteiger partial charge >= 0.3 is 6.09 Å². The highest BCUT2D eigenvalue weighted by Gasteiger charge is 2.47. The number of halogens is 1. The number of hydrogen-bond acceptors (Lipinski definition) is 5. The van der Waals surface area contributed by atoms with Crippen molar-refractivity contribution in [3.63, 3.8) is 0 Å². The van der Waals surface area contributed by atoms with Crippen molar-refractivity contribution in [2.75, 3.05) is 25.8 Å². The van der Waals surface area contributed by atoms with Crippen LogP contribution in [0.5, 0.6) is 0 Å². The molecule has 1 aromatic carbocycles. The van der Waals surface area contributed by atoms with Gasteiger partial charge in [0, 0.05) is 32.6 Å².